The third-order valence-corrected chi connectivity index (χ3v) is 4.77. The number of pyridine rings is 1. The fraction of sp³-hybridized carbons (Fsp3) is 0.0500. The molecule has 0 saturated heterocycles. The molecular formula is C20H15N3O2S. The van der Waals surface area contributed by atoms with E-state index in [0.717, 1.165) is 16.6 Å². The highest BCUT2D eigenvalue weighted by molar-refractivity contribution is 7.14. The van der Waals surface area contributed by atoms with Crippen molar-refractivity contribution in [3.05, 3.63) is 82.6 Å². The van der Waals surface area contributed by atoms with Gasteiger partial charge in [0.25, 0.3) is 5.56 Å². The number of carbonyl (C=O) groups is 1. The first-order chi connectivity index (χ1) is 12.7. The van der Waals surface area contributed by atoms with Gasteiger partial charge in [0, 0.05) is 23.2 Å². The molecular weight excluding hydrogens is 346 g/mol. The van der Waals surface area contributed by atoms with Crippen LogP contribution in [0.25, 0.3) is 22.0 Å². The highest BCUT2D eigenvalue weighted by Crippen LogP contribution is 2.27. The Morgan fingerprint density at radius 3 is 2.69 bits per heavy atom. The predicted octanol–water partition coefficient (Wildman–Crippen LogP) is 3.76. The summed E-state index contributed by atoms with van der Waals surface area (Å²) in [5.41, 5.74) is 1.60. The normalized spacial score (nSPS) is 10.8. The average Bonchev–Trinajstić information content (AvgIpc) is 3.11. The molecule has 1 amide bonds. The molecule has 0 aliphatic carbocycles. The van der Waals surface area contributed by atoms with Crippen molar-refractivity contribution < 1.29 is 4.79 Å². The summed E-state index contributed by atoms with van der Waals surface area (Å²) in [6, 6.07) is 19.1. The number of fused-ring (bicyclic) bond motifs is 1. The number of aromatic nitrogens is 2. The first kappa shape index (κ1) is 16.2. The zero-order valence-corrected chi connectivity index (χ0v) is 14.6. The van der Waals surface area contributed by atoms with Gasteiger partial charge in [0.1, 0.15) is 6.54 Å². The van der Waals surface area contributed by atoms with E-state index in [4.69, 9.17) is 0 Å². The van der Waals surface area contributed by atoms with E-state index in [2.05, 4.69) is 34.6 Å². The summed E-state index contributed by atoms with van der Waals surface area (Å²) in [5.74, 6) is -0.280. The Labute approximate surface area is 153 Å². The van der Waals surface area contributed by atoms with Gasteiger partial charge in [-0.3, -0.25) is 9.59 Å². The SMILES string of the molecule is O=C(Cn1ccccc1=O)Nc1nc(-c2ccc3ccccc3c2)cs1. The van der Waals surface area contributed by atoms with Crippen molar-refractivity contribution >= 4 is 33.1 Å². The van der Waals surface area contributed by atoms with Gasteiger partial charge in [-0.05, 0) is 22.9 Å². The lowest BCUT2D eigenvalue weighted by Gasteiger charge is -2.04. The molecule has 4 rings (SSSR count). The average molecular weight is 361 g/mol. The maximum atomic E-state index is 12.2. The second kappa shape index (κ2) is 6.93. The quantitative estimate of drug-likeness (QED) is 0.602. The van der Waals surface area contributed by atoms with Crippen molar-refractivity contribution in [3.8, 4) is 11.3 Å². The first-order valence-corrected chi connectivity index (χ1v) is 8.97. The largest absolute Gasteiger partial charge is 0.306 e. The minimum absolute atomic E-state index is 0.0371. The molecule has 2 aromatic carbocycles. The van der Waals surface area contributed by atoms with Crippen LogP contribution in [-0.4, -0.2) is 15.5 Å². The van der Waals surface area contributed by atoms with Crippen LogP contribution in [0.3, 0.4) is 0 Å². The molecule has 2 aromatic heterocycles. The van der Waals surface area contributed by atoms with Gasteiger partial charge in [0.15, 0.2) is 5.13 Å². The number of benzene rings is 2. The van der Waals surface area contributed by atoms with Crippen molar-refractivity contribution in [1.82, 2.24) is 9.55 Å². The smallest absolute Gasteiger partial charge is 0.250 e. The van der Waals surface area contributed by atoms with E-state index in [1.165, 1.54) is 27.4 Å². The molecule has 2 heterocycles. The monoisotopic (exact) mass is 361 g/mol. The van der Waals surface area contributed by atoms with Gasteiger partial charge >= 0.3 is 0 Å². The van der Waals surface area contributed by atoms with Gasteiger partial charge < -0.3 is 9.88 Å². The number of nitrogens with zero attached hydrogens (tertiary/aromatic N) is 2. The van der Waals surface area contributed by atoms with Crippen LogP contribution in [0.5, 0.6) is 0 Å². The maximum absolute atomic E-state index is 12.2. The molecule has 0 radical (unpaired) electrons. The molecule has 0 unspecified atom stereocenters. The molecule has 0 bridgehead atoms. The molecule has 0 atom stereocenters. The second-order valence-electron chi connectivity index (χ2n) is 5.81. The third-order valence-electron chi connectivity index (χ3n) is 4.01. The number of anilines is 1. The Balaban J connectivity index is 1.51. The minimum Gasteiger partial charge on any atom is -0.306 e. The summed E-state index contributed by atoms with van der Waals surface area (Å²) in [5, 5.41) is 7.50. The molecule has 1 N–H and O–H groups in total. The van der Waals surface area contributed by atoms with Crippen LogP contribution in [0, 0.1) is 0 Å². The van der Waals surface area contributed by atoms with Gasteiger partial charge in [-0.1, -0.05) is 42.5 Å². The molecule has 0 aliphatic heterocycles. The first-order valence-electron chi connectivity index (χ1n) is 8.09. The van der Waals surface area contributed by atoms with Crippen LogP contribution in [0.1, 0.15) is 0 Å². The van der Waals surface area contributed by atoms with Gasteiger partial charge in [-0.25, -0.2) is 4.98 Å². The van der Waals surface area contributed by atoms with Crippen LogP contribution in [-0.2, 0) is 11.3 Å². The van der Waals surface area contributed by atoms with E-state index in [-0.39, 0.29) is 18.0 Å². The van der Waals surface area contributed by atoms with E-state index in [9.17, 15) is 9.59 Å². The van der Waals surface area contributed by atoms with Crippen LogP contribution < -0.4 is 10.9 Å². The van der Waals surface area contributed by atoms with E-state index in [1.807, 2.05) is 23.6 Å². The Morgan fingerprint density at radius 1 is 1.04 bits per heavy atom. The Bertz CT molecular complexity index is 1150. The number of rotatable bonds is 4. The summed E-state index contributed by atoms with van der Waals surface area (Å²) in [6.07, 6.45) is 1.59. The minimum atomic E-state index is -0.280. The van der Waals surface area contributed by atoms with E-state index >= 15 is 0 Å². The summed E-state index contributed by atoms with van der Waals surface area (Å²) in [6.45, 7) is -0.0371. The Morgan fingerprint density at radius 2 is 1.85 bits per heavy atom. The predicted molar refractivity (Wildman–Crippen MR) is 104 cm³/mol. The van der Waals surface area contributed by atoms with Crippen LogP contribution >= 0.6 is 11.3 Å². The van der Waals surface area contributed by atoms with Crippen molar-refractivity contribution in [3.63, 3.8) is 0 Å². The highest BCUT2D eigenvalue weighted by atomic mass is 32.1. The maximum Gasteiger partial charge on any atom is 0.250 e. The molecule has 5 nitrogen and oxygen atoms in total. The van der Waals surface area contributed by atoms with Gasteiger partial charge in [-0.2, -0.15) is 0 Å². The molecule has 4 aromatic rings. The van der Waals surface area contributed by atoms with E-state index < -0.39 is 0 Å². The summed E-state index contributed by atoms with van der Waals surface area (Å²) in [7, 11) is 0. The van der Waals surface area contributed by atoms with E-state index in [1.54, 1.807) is 18.3 Å². The fourth-order valence-electron chi connectivity index (χ4n) is 2.72. The topological polar surface area (TPSA) is 64.0 Å². The summed E-state index contributed by atoms with van der Waals surface area (Å²) in [4.78, 5) is 28.3. The van der Waals surface area contributed by atoms with Gasteiger partial charge in [0.2, 0.25) is 5.91 Å². The number of hydrogen-bond donors (Lipinski definition) is 1. The molecule has 0 saturated carbocycles. The molecule has 6 heteroatoms. The number of hydrogen-bond acceptors (Lipinski definition) is 4. The molecule has 0 fully saturated rings. The number of carbonyl (C=O) groups excluding carboxylic acids is 1. The standard InChI is InChI=1S/C20H15N3O2S/c24-18(12-23-10-4-3-7-19(23)25)22-20-21-17(13-26-20)16-9-8-14-5-1-2-6-15(14)11-16/h1-11,13H,12H2,(H,21,22,24). The zero-order valence-electron chi connectivity index (χ0n) is 13.8. The molecule has 0 spiro atoms. The lowest BCUT2D eigenvalue weighted by atomic mass is 10.1. The number of thiazole rings is 1. The number of nitrogens with one attached hydrogen (secondary N) is 1. The van der Waals surface area contributed by atoms with Crippen LogP contribution in [0.4, 0.5) is 5.13 Å². The van der Waals surface area contributed by atoms with Crippen molar-refractivity contribution in [2.24, 2.45) is 0 Å². The van der Waals surface area contributed by atoms with Gasteiger partial charge in [0.05, 0.1) is 5.69 Å². The fourth-order valence-corrected chi connectivity index (χ4v) is 3.45. The third kappa shape index (κ3) is 3.41. The number of amides is 1. The Kier molecular flexibility index (Phi) is 4.33. The van der Waals surface area contributed by atoms with Crippen molar-refractivity contribution in [1.29, 1.82) is 0 Å². The molecule has 26 heavy (non-hydrogen) atoms. The van der Waals surface area contributed by atoms with Crippen LogP contribution in [0.15, 0.2) is 77.0 Å². The van der Waals surface area contributed by atoms with Crippen LogP contribution in [0.2, 0.25) is 0 Å². The van der Waals surface area contributed by atoms with E-state index in [0.29, 0.717) is 5.13 Å². The van der Waals surface area contributed by atoms with Crippen molar-refractivity contribution in [2.75, 3.05) is 5.32 Å². The second-order valence-corrected chi connectivity index (χ2v) is 6.67. The molecule has 128 valence electrons. The van der Waals surface area contributed by atoms with Gasteiger partial charge in [-0.15, -0.1) is 11.3 Å². The zero-order chi connectivity index (χ0) is 17.9. The summed E-state index contributed by atoms with van der Waals surface area (Å²) < 4.78 is 1.35. The summed E-state index contributed by atoms with van der Waals surface area (Å²) >= 11 is 1.36. The lowest BCUT2D eigenvalue weighted by Crippen LogP contribution is -2.26. The lowest BCUT2D eigenvalue weighted by molar-refractivity contribution is -0.116. The highest BCUT2D eigenvalue weighted by Gasteiger charge is 2.09. The molecule has 0 aliphatic rings. The van der Waals surface area contributed by atoms with Crippen molar-refractivity contribution in [2.45, 2.75) is 6.54 Å². The Hall–Kier alpha value is -3.25.